The normalized spacial score (nSPS) is 12.9. The van der Waals surface area contributed by atoms with Crippen LogP contribution in [0.3, 0.4) is 0 Å². The molecule has 0 fully saturated rings. The summed E-state index contributed by atoms with van der Waals surface area (Å²) in [5.41, 5.74) is 8.29. The second kappa shape index (κ2) is 5.45. The molecule has 0 radical (unpaired) electrons. The van der Waals surface area contributed by atoms with Gasteiger partial charge < -0.3 is 4.90 Å². The molecule has 25 heavy (non-hydrogen) atoms. The van der Waals surface area contributed by atoms with E-state index in [0.29, 0.717) is 0 Å². The molecule has 0 aliphatic carbocycles. The number of aromatic amines is 1. The van der Waals surface area contributed by atoms with Crippen LogP contribution in [-0.4, -0.2) is 21.7 Å². The third-order valence-electron chi connectivity index (χ3n) is 5.01. The van der Waals surface area contributed by atoms with E-state index in [9.17, 15) is 0 Å². The molecular weight excluding hydrogens is 308 g/mol. The van der Waals surface area contributed by atoms with Crippen molar-refractivity contribution in [1.29, 1.82) is 0 Å². The van der Waals surface area contributed by atoms with Crippen LogP contribution in [0.25, 0.3) is 33.3 Å². The van der Waals surface area contributed by atoms with Gasteiger partial charge in [-0.1, -0.05) is 36.4 Å². The van der Waals surface area contributed by atoms with Crippen LogP contribution in [-0.2, 0) is 6.54 Å². The lowest BCUT2D eigenvalue weighted by Crippen LogP contribution is -2.25. The Morgan fingerprint density at radius 3 is 2.92 bits per heavy atom. The number of pyridine rings is 1. The van der Waals surface area contributed by atoms with Crippen molar-refractivity contribution in [2.24, 2.45) is 0 Å². The molecule has 5 rings (SSSR count). The Kier molecular flexibility index (Phi) is 3.10. The fourth-order valence-electron chi connectivity index (χ4n) is 3.75. The molecule has 0 bridgehead atoms. The van der Waals surface area contributed by atoms with E-state index in [2.05, 4.69) is 69.5 Å². The van der Waals surface area contributed by atoms with Crippen molar-refractivity contribution in [2.45, 2.75) is 13.5 Å². The fraction of sp³-hybridized carbons (Fsp3) is 0.143. The van der Waals surface area contributed by atoms with Gasteiger partial charge in [0.25, 0.3) is 0 Å². The van der Waals surface area contributed by atoms with Gasteiger partial charge in [0.1, 0.15) is 0 Å². The lowest BCUT2D eigenvalue weighted by molar-refractivity contribution is 0.824. The Bertz CT molecular complexity index is 1070. The maximum atomic E-state index is 4.61. The molecule has 0 saturated heterocycles. The largest absolute Gasteiger partial charge is 0.367 e. The van der Waals surface area contributed by atoms with Gasteiger partial charge >= 0.3 is 0 Å². The van der Waals surface area contributed by atoms with E-state index >= 15 is 0 Å². The van der Waals surface area contributed by atoms with Crippen LogP contribution in [0.1, 0.15) is 12.5 Å². The minimum atomic E-state index is 0.895. The van der Waals surface area contributed by atoms with Crippen molar-refractivity contribution in [2.75, 3.05) is 11.4 Å². The molecular formula is C21H18N4. The van der Waals surface area contributed by atoms with Gasteiger partial charge in [-0.05, 0) is 24.6 Å². The van der Waals surface area contributed by atoms with E-state index in [0.717, 1.165) is 24.3 Å². The molecule has 0 spiro atoms. The lowest BCUT2D eigenvalue weighted by Gasteiger charge is -2.30. The number of H-pyrrole nitrogens is 1. The van der Waals surface area contributed by atoms with Crippen molar-refractivity contribution >= 4 is 16.6 Å². The minimum absolute atomic E-state index is 0.895. The molecule has 3 heterocycles. The van der Waals surface area contributed by atoms with Crippen LogP contribution >= 0.6 is 0 Å². The van der Waals surface area contributed by atoms with Gasteiger partial charge in [0.15, 0.2) is 0 Å². The van der Waals surface area contributed by atoms with Gasteiger partial charge in [-0.2, -0.15) is 5.10 Å². The van der Waals surface area contributed by atoms with E-state index in [1.54, 1.807) is 0 Å². The van der Waals surface area contributed by atoms with Crippen molar-refractivity contribution in [3.8, 4) is 22.4 Å². The van der Waals surface area contributed by atoms with E-state index in [4.69, 9.17) is 0 Å². The summed E-state index contributed by atoms with van der Waals surface area (Å²) in [6, 6.07) is 17.1. The van der Waals surface area contributed by atoms with Crippen molar-refractivity contribution in [3.63, 3.8) is 0 Å². The second-order valence-corrected chi connectivity index (χ2v) is 6.40. The summed E-state index contributed by atoms with van der Waals surface area (Å²) in [7, 11) is 0. The summed E-state index contributed by atoms with van der Waals surface area (Å²) >= 11 is 0. The molecule has 4 heteroatoms. The number of para-hydroxylation sites is 1. The summed E-state index contributed by atoms with van der Waals surface area (Å²) in [5, 5.41) is 8.56. The average molecular weight is 326 g/mol. The number of fused-ring (bicyclic) bond motifs is 4. The highest BCUT2D eigenvalue weighted by atomic mass is 15.2. The number of nitrogens with one attached hydrogen (secondary N) is 1. The lowest BCUT2D eigenvalue weighted by atomic mass is 9.95. The Morgan fingerprint density at radius 2 is 2.00 bits per heavy atom. The van der Waals surface area contributed by atoms with Crippen molar-refractivity contribution in [1.82, 2.24) is 15.2 Å². The maximum Gasteiger partial charge on any atom is 0.0780 e. The first-order chi connectivity index (χ1) is 12.3. The van der Waals surface area contributed by atoms with Crippen molar-refractivity contribution in [3.05, 3.63) is 66.5 Å². The van der Waals surface area contributed by atoms with E-state index in [1.807, 2.05) is 18.5 Å². The average Bonchev–Trinajstić information content (AvgIpc) is 3.15. The standard InChI is InChI=1S/C21H18N4/c1-2-25-13-16-12-23-24-21(16)18-9-8-15(11-19(18)25)17-7-3-5-14-6-4-10-22-20(14)17/h3-12H,2,13H2,1H3,(H,23,24). The predicted octanol–water partition coefficient (Wildman–Crippen LogP) is 4.63. The maximum absolute atomic E-state index is 4.61. The molecule has 2 aromatic heterocycles. The number of nitrogens with zero attached hydrogens (tertiary/aromatic N) is 3. The Morgan fingerprint density at radius 1 is 1.08 bits per heavy atom. The first-order valence-corrected chi connectivity index (χ1v) is 8.61. The highest BCUT2D eigenvalue weighted by Crippen LogP contribution is 2.40. The number of benzene rings is 2. The predicted molar refractivity (Wildman–Crippen MR) is 101 cm³/mol. The highest BCUT2D eigenvalue weighted by molar-refractivity contribution is 5.95. The molecule has 122 valence electrons. The monoisotopic (exact) mass is 326 g/mol. The third-order valence-corrected chi connectivity index (χ3v) is 5.01. The molecule has 0 unspecified atom stereocenters. The van der Waals surface area contributed by atoms with Gasteiger partial charge in [-0.3, -0.25) is 10.1 Å². The van der Waals surface area contributed by atoms with Gasteiger partial charge in [-0.15, -0.1) is 0 Å². The summed E-state index contributed by atoms with van der Waals surface area (Å²) < 4.78 is 0. The van der Waals surface area contributed by atoms with Crippen LogP contribution in [0.5, 0.6) is 0 Å². The summed E-state index contributed by atoms with van der Waals surface area (Å²) in [4.78, 5) is 7.00. The first kappa shape index (κ1) is 14.2. The quantitative estimate of drug-likeness (QED) is 0.584. The van der Waals surface area contributed by atoms with Gasteiger partial charge in [0.2, 0.25) is 0 Å². The zero-order valence-electron chi connectivity index (χ0n) is 14.0. The van der Waals surface area contributed by atoms with Crippen LogP contribution in [0.2, 0.25) is 0 Å². The summed E-state index contributed by atoms with van der Waals surface area (Å²) in [6.45, 7) is 4.06. The van der Waals surface area contributed by atoms with Crippen LogP contribution < -0.4 is 4.90 Å². The molecule has 1 aliphatic rings. The van der Waals surface area contributed by atoms with Crippen molar-refractivity contribution < 1.29 is 0 Å². The molecule has 1 aliphatic heterocycles. The summed E-state index contributed by atoms with van der Waals surface area (Å²) in [5.74, 6) is 0. The van der Waals surface area contributed by atoms with E-state index < -0.39 is 0 Å². The molecule has 1 N–H and O–H groups in total. The van der Waals surface area contributed by atoms with Gasteiger partial charge in [0, 0.05) is 47.1 Å². The molecule has 4 nitrogen and oxygen atoms in total. The smallest absolute Gasteiger partial charge is 0.0780 e. The molecule has 0 atom stereocenters. The Hall–Kier alpha value is -3.14. The first-order valence-electron chi connectivity index (χ1n) is 8.61. The Labute approximate surface area is 146 Å². The van der Waals surface area contributed by atoms with Gasteiger partial charge in [-0.25, -0.2) is 0 Å². The highest BCUT2D eigenvalue weighted by Gasteiger charge is 2.23. The Balaban J connectivity index is 1.73. The molecule has 0 amide bonds. The second-order valence-electron chi connectivity index (χ2n) is 6.40. The number of aromatic nitrogens is 3. The molecule has 2 aromatic carbocycles. The minimum Gasteiger partial charge on any atom is -0.367 e. The molecule has 0 saturated carbocycles. The van der Waals surface area contributed by atoms with Crippen LogP contribution in [0, 0.1) is 0 Å². The number of hydrogen-bond acceptors (Lipinski definition) is 3. The van der Waals surface area contributed by atoms with Crippen LogP contribution in [0.15, 0.2) is 60.9 Å². The van der Waals surface area contributed by atoms with E-state index in [-0.39, 0.29) is 0 Å². The summed E-state index contributed by atoms with van der Waals surface area (Å²) in [6.07, 6.45) is 3.79. The zero-order chi connectivity index (χ0) is 16.8. The SMILES string of the molecule is CCN1Cc2cn[nH]c2-c2ccc(-c3cccc4cccnc34)cc21. The fourth-order valence-corrected chi connectivity index (χ4v) is 3.75. The number of hydrogen-bond donors (Lipinski definition) is 1. The van der Waals surface area contributed by atoms with E-state index in [1.165, 1.54) is 33.3 Å². The number of anilines is 1. The van der Waals surface area contributed by atoms with Gasteiger partial charge in [0.05, 0.1) is 17.4 Å². The number of rotatable bonds is 2. The topological polar surface area (TPSA) is 44.8 Å². The molecule has 4 aromatic rings. The third kappa shape index (κ3) is 2.14. The van der Waals surface area contributed by atoms with Crippen LogP contribution in [0.4, 0.5) is 5.69 Å². The zero-order valence-corrected chi connectivity index (χ0v) is 14.0.